The van der Waals surface area contributed by atoms with E-state index in [0.29, 0.717) is 11.3 Å². The SMILES string of the molecule is Cc1cccc(C)c1NC(=O)CN(Cc1ccc(F)cc1)S(=O)(=O)c1ccccc1. The van der Waals surface area contributed by atoms with Gasteiger partial charge in [-0.3, -0.25) is 4.79 Å². The van der Waals surface area contributed by atoms with Crippen molar-refractivity contribution in [1.82, 2.24) is 4.31 Å². The summed E-state index contributed by atoms with van der Waals surface area (Å²) in [4.78, 5) is 12.9. The van der Waals surface area contributed by atoms with Crippen molar-refractivity contribution in [2.75, 3.05) is 11.9 Å². The summed E-state index contributed by atoms with van der Waals surface area (Å²) in [5.41, 5.74) is 3.02. The van der Waals surface area contributed by atoms with Crippen molar-refractivity contribution in [3.63, 3.8) is 0 Å². The number of carbonyl (C=O) groups is 1. The fraction of sp³-hybridized carbons (Fsp3) is 0.174. The number of halogens is 1. The first-order valence-corrected chi connectivity index (χ1v) is 10.9. The van der Waals surface area contributed by atoms with Gasteiger partial charge in [0.1, 0.15) is 5.82 Å². The van der Waals surface area contributed by atoms with Gasteiger partial charge in [0.25, 0.3) is 0 Å². The third kappa shape index (κ3) is 5.11. The Morgan fingerprint density at radius 2 is 1.50 bits per heavy atom. The van der Waals surface area contributed by atoms with E-state index >= 15 is 0 Å². The maximum atomic E-state index is 13.3. The van der Waals surface area contributed by atoms with Crippen LogP contribution >= 0.6 is 0 Å². The van der Waals surface area contributed by atoms with Crippen LogP contribution in [-0.2, 0) is 21.4 Å². The fourth-order valence-electron chi connectivity index (χ4n) is 3.11. The Bertz CT molecular complexity index is 1110. The van der Waals surface area contributed by atoms with Crippen molar-refractivity contribution >= 4 is 21.6 Å². The molecule has 3 aromatic rings. The zero-order valence-corrected chi connectivity index (χ0v) is 17.6. The molecule has 0 radical (unpaired) electrons. The second-order valence-electron chi connectivity index (χ2n) is 7.03. The molecule has 0 aliphatic carbocycles. The Balaban J connectivity index is 1.89. The van der Waals surface area contributed by atoms with E-state index in [9.17, 15) is 17.6 Å². The summed E-state index contributed by atoms with van der Waals surface area (Å²) in [6.07, 6.45) is 0. The highest BCUT2D eigenvalue weighted by Gasteiger charge is 2.27. The Hall–Kier alpha value is -3.03. The van der Waals surface area contributed by atoms with Crippen LogP contribution in [0, 0.1) is 19.7 Å². The Kier molecular flexibility index (Phi) is 6.64. The Morgan fingerprint density at radius 1 is 0.900 bits per heavy atom. The molecule has 1 amide bonds. The van der Waals surface area contributed by atoms with Crippen molar-refractivity contribution < 1.29 is 17.6 Å². The molecule has 0 saturated heterocycles. The van der Waals surface area contributed by atoms with Crippen LogP contribution in [-0.4, -0.2) is 25.2 Å². The fourth-order valence-corrected chi connectivity index (χ4v) is 4.52. The number of aryl methyl sites for hydroxylation is 2. The number of nitrogens with zero attached hydrogens (tertiary/aromatic N) is 1. The lowest BCUT2D eigenvalue weighted by molar-refractivity contribution is -0.116. The lowest BCUT2D eigenvalue weighted by Crippen LogP contribution is -2.37. The number of hydrogen-bond donors (Lipinski definition) is 1. The van der Waals surface area contributed by atoms with Crippen LogP contribution in [0.2, 0.25) is 0 Å². The molecular weight excluding hydrogens is 403 g/mol. The van der Waals surface area contributed by atoms with Gasteiger partial charge in [0.05, 0.1) is 11.4 Å². The van der Waals surface area contributed by atoms with Gasteiger partial charge in [0.2, 0.25) is 15.9 Å². The quantitative estimate of drug-likeness (QED) is 0.614. The minimum Gasteiger partial charge on any atom is -0.324 e. The number of rotatable bonds is 7. The summed E-state index contributed by atoms with van der Waals surface area (Å²) in [6.45, 7) is 3.32. The van der Waals surface area contributed by atoms with Crippen molar-refractivity contribution in [2.24, 2.45) is 0 Å². The lowest BCUT2D eigenvalue weighted by atomic mass is 10.1. The van der Waals surface area contributed by atoms with Crippen molar-refractivity contribution in [3.8, 4) is 0 Å². The molecule has 0 heterocycles. The summed E-state index contributed by atoms with van der Waals surface area (Å²) < 4.78 is 40.7. The average molecular weight is 427 g/mol. The van der Waals surface area contributed by atoms with E-state index in [0.717, 1.165) is 15.4 Å². The van der Waals surface area contributed by atoms with Crippen molar-refractivity contribution in [2.45, 2.75) is 25.3 Å². The number of nitrogens with one attached hydrogen (secondary N) is 1. The maximum absolute atomic E-state index is 13.3. The van der Waals surface area contributed by atoms with Gasteiger partial charge < -0.3 is 5.32 Å². The standard InChI is InChI=1S/C23H23FN2O3S/c1-17-7-6-8-18(2)23(17)25-22(27)16-26(15-19-11-13-20(24)14-12-19)30(28,29)21-9-4-3-5-10-21/h3-14H,15-16H2,1-2H3,(H,25,27). The molecule has 0 aliphatic rings. The first-order chi connectivity index (χ1) is 14.3. The predicted octanol–water partition coefficient (Wildman–Crippen LogP) is 4.27. The first-order valence-electron chi connectivity index (χ1n) is 9.43. The first kappa shape index (κ1) is 21.7. The number of hydrogen-bond acceptors (Lipinski definition) is 3. The minimum atomic E-state index is -3.94. The largest absolute Gasteiger partial charge is 0.324 e. The van der Waals surface area contributed by atoms with Crippen molar-refractivity contribution in [1.29, 1.82) is 0 Å². The maximum Gasteiger partial charge on any atom is 0.243 e. The van der Waals surface area contributed by atoms with E-state index in [2.05, 4.69) is 5.32 Å². The van der Waals surface area contributed by atoms with Gasteiger partial charge in [0, 0.05) is 12.2 Å². The number of carbonyl (C=O) groups excluding carboxylic acids is 1. The van der Waals surface area contributed by atoms with E-state index in [1.54, 1.807) is 18.2 Å². The van der Waals surface area contributed by atoms with Crippen LogP contribution in [0.5, 0.6) is 0 Å². The Morgan fingerprint density at radius 3 is 2.10 bits per heavy atom. The molecule has 1 N–H and O–H groups in total. The molecule has 0 aromatic heterocycles. The molecule has 0 atom stereocenters. The molecule has 7 heteroatoms. The van der Waals surface area contributed by atoms with Crippen LogP contribution in [0.25, 0.3) is 0 Å². The second kappa shape index (κ2) is 9.19. The molecule has 156 valence electrons. The number of amides is 1. The van der Waals surface area contributed by atoms with E-state index < -0.39 is 21.7 Å². The third-order valence-electron chi connectivity index (χ3n) is 4.72. The zero-order valence-electron chi connectivity index (χ0n) is 16.8. The van der Waals surface area contributed by atoms with Gasteiger partial charge in [-0.2, -0.15) is 4.31 Å². The number of sulfonamides is 1. The third-order valence-corrected chi connectivity index (χ3v) is 6.52. The molecule has 5 nitrogen and oxygen atoms in total. The lowest BCUT2D eigenvalue weighted by Gasteiger charge is -2.22. The normalized spacial score (nSPS) is 11.5. The smallest absolute Gasteiger partial charge is 0.243 e. The summed E-state index contributed by atoms with van der Waals surface area (Å²) in [5, 5.41) is 2.82. The monoisotopic (exact) mass is 426 g/mol. The molecule has 0 spiro atoms. The van der Waals surface area contributed by atoms with E-state index in [-0.39, 0.29) is 18.0 Å². The number of benzene rings is 3. The van der Waals surface area contributed by atoms with Crippen LogP contribution in [0.15, 0.2) is 77.7 Å². The van der Waals surface area contributed by atoms with Gasteiger partial charge >= 0.3 is 0 Å². The second-order valence-corrected chi connectivity index (χ2v) is 8.97. The highest BCUT2D eigenvalue weighted by molar-refractivity contribution is 7.89. The molecule has 0 bridgehead atoms. The number of anilines is 1. The highest BCUT2D eigenvalue weighted by atomic mass is 32.2. The zero-order chi connectivity index (χ0) is 21.7. The van der Waals surface area contributed by atoms with Crippen LogP contribution < -0.4 is 5.32 Å². The van der Waals surface area contributed by atoms with Crippen LogP contribution in [0.1, 0.15) is 16.7 Å². The van der Waals surface area contributed by atoms with Gasteiger partial charge in [-0.1, -0.05) is 48.5 Å². The molecule has 0 aliphatic heterocycles. The van der Waals surface area contributed by atoms with Crippen LogP contribution in [0.3, 0.4) is 0 Å². The van der Waals surface area contributed by atoms with Gasteiger partial charge in [-0.05, 0) is 54.8 Å². The summed E-state index contributed by atoms with van der Waals surface area (Å²) in [7, 11) is -3.94. The molecular formula is C23H23FN2O3S. The summed E-state index contributed by atoms with van der Waals surface area (Å²) in [5.74, 6) is -0.863. The van der Waals surface area contributed by atoms with E-state index in [1.807, 2.05) is 32.0 Å². The van der Waals surface area contributed by atoms with Gasteiger partial charge in [-0.25, -0.2) is 12.8 Å². The van der Waals surface area contributed by atoms with E-state index in [4.69, 9.17) is 0 Å². The van der Waals surface area contributed by atoms with E-state index in [1.165, 1.54) is 36.4 Å². The molecule has 0 fully saturated rings. The molecule has 3 aromatic carbocycles. The van der Waals surface area contributed by atoms with Crippen LogP contribution in [0.4, 0.5) is 10.1 Å². The molecule has 0 saturated carbocycles. The summed E-state index contributed by atoms with van der Waals surface area (Å²) in [6, 6.07) is 19.1. The highest BCUT2D eigenvalue weighted by Crippen LogP contribution is 2.21. The van der Waals surface area contributed by atoms with Gasteiger partial charge in [0.15, 0.2) is 0 Å². The van der Waals surface area contributed by atoms with Gasteiger partial charge in [-0.15, -0.1) is 0 Å². The van der Waals surface area contributed by atoms with Crippen molar-refractivity contribution in [3.05, 3.63) is 95.3 Å². The summed E-state index contributed by atoms with van der Waals surface area (Å²) >= 11 is 0. The molecule has 3 rings (SSSR count). The minimum absolute atomic E-state index is 0.0579. The average Bonchev–Trinajstić information content (AvgIpc) is 2.72. The molecule has 0 unspecified atom stereocenters. The topological polar surface area (TPSA) is 66.5 Å². The predicted molar refractivity (Wildman–Crippen MR) is 115 cm³/mol. The molecule has 30 heavy (non-hydrogen) atoms. The number of para-hydroxylation sites is 1. The Labute approximate surface area is 176 Å².